The van der Waals surface area contributed by atoms with E-state index in [9.17, 15) is 8.42 Å². The summed E-state index contributed by atoms with van der Waals surface area (Å²) >= 11 is 0. The van der Waals surface area contributed by atoms with Gasteiger partial charge in [0.25, 0.3) is 0 Å². The third-order valence-corrected chi connectivity index (χ3v) is 4.65. The average molecular weight is 331 g/mol. The van der Waals surface area contributed by atoms with Crippen LogP contribution in [0.2, 0.25) is 0 Å². The van der Waals surface area contributed by atoms with E-state index in [0.29, 0.717) is 28.6 Å². The molecular formula is C15H17N5O2S. The van der Waals surface area contributed by atoms with Crippen molar-refractivity contribution in [3.63, 3.8) is 0 Å². The Labute approximate surface area is 134 Å². The summed E-state index contributed by atoms with van der Waals surface area (Å²) in [5.41, 5.74) is 2.43. The molecule has 0 aliphatic carbocycles. The fourth-order valence-corrected chi connectivity index (χ4v) is 3.01. The maximum absolute atomic E-state index is 11.5. The van der Waals surface area contributed by atoms with E-state index < -0.39 is 9.84 Å². The molecule has 3 aromatic rings. The molecule has 0 saturated carbocycles. The maximum Gasteiger partial charge on any atom is 0.175 e. The van der Waals surface area contributed by atoms with Crippen molar-refractivity contribution in [2.45, 2.75) is 18.4 Å². The zero-order chi connectivity index (χ0) is 16.6. The van der Waals surface area contributed by atoms with Crippen molar-refractivity contribution in [3.05, 3.63) is 42.0 Å². The Bertz CT molecular complexity index is 961. The van der Waals surface area contributed by atoms with Gasteiger partial charge in [0.15, 0.2) is 21.3 Å². The van der Waals surface area contributed by atoms with Gasteiger partial charge in [0.1, 0.15) is 11.3 Å². The van der Waals surface area contributed by atoms with Gasteiger partial charge in [-0.1, -0.05) is 12.1 Å². The number of aromatic nitrogens is 4. The number of fused-ring (bicyclic) bond motifs is 1. The fourth-order valence-electron chi connectivity index (χ4n) is 2.38. The van der Waals surface area contributed by atoms with Gasteiger partial charge < -0.3 is 9.88 Å². The van der Waals surface area contributed by atoms with E-state index in [1.165, 1.54) is 6.26 Å². The number of anilines is 1. The van der Waals surface area contributed by atoms with Gasteiger partial charge >= 0.3 is 0 Å². The van der Waals surface area contributed by atoms with E-state index in [1.54, 1.807) is 37.6 Å². The molecule has 0 spiro atoms. The molecular weight excluding hydrogens is 314 g/mol. The first-order valence-corrected chi connectivity index (χ1v) is 8.94. The predicted octanol–water partition coefficient (Wildman–Crippen LogP) is 1.63. The highest BCUT2D eigenvalue weighted by atomic mass is 32.2. The lowest BCUT2D eigenvalue weighted by atomic mass is 10.2. The van der Waals surface area contributed by atoms with Crippen LogP contribution in [0.3, 0.4) is 0 Å². The van der Waals surface area contributed by atoms with Crippen LogP contribution in [0.5, 0.6) is 0 Å². The summed E-state index contributed by atoms with van der Waals surface area (Å²) in [5, 5.41) is 3.02. The summed E-state index contributed by atoms with van der Waals surface area (Å²) in [6.07, 6.45) is 2.91. The van der Waals surface area contributed by atoms with Gasteiger partial charge in [-0.15, -0.1) is 0 Å². The number of hydrogen-bond donors (Lipinski definition) is 1. The van der Waals surface area contributed by atoms with Crippen molar-refractivity contribution < 1.29 is 8.42 Å². The molecule has 0 bridgehead atoms. The summed E-state index contributed by atoms with van der Waals surface area (Å²) < 4.78 is 24.9. The molecule has 0 amide bonds. The summed E-state index contributed by atoms with van der Waals surface area (Å²) in [6.45, 7) is 2.39. The molecule has 0 aliphatic rings. The Kier molecular flexibility index (Phi) is 3.77. The molecule has 23 heavy (non-hydrogen) atoms. The second kappa shape index (κ2) is 5.62. The minimum absolute atomic E-state index is 0.312. The van der Waals surface area contributed by atoms with E-state index in [0.717, 1.165) is 11.2 Å². The highest BCUT2D eigenvalue weighted by Gasteiger charge is 2.12. The molecule has 0 unspecified atom stereocenters. The standard InChI is InChI=1S/C15H17N5O2S/c1-10-18-14(16-2)13-15(19-10)20(9-17-13)8-11-4-6-12(7-5-11)23(3,21)22/h4-7,9H,8H2,1-3H3,(H,16,18,19). The topological polar surface area (TPSA) is 89.8 Å². The normalized spacial score (nSPS) is 11.8. The van der Waals surface area contributed by atoms with Crippen molar-refractivity contribution in [2.75, 3.05) is 18.6 Å². The van der Waals surface area contributed by atoms with Gasteiger partial charge in [0.05, 0.1) is 17.8 Å². The number of hydrogen-bond acceptors (Lipinski definition) is 6. The number of nitrogens with one attached hydrogen (secondary N) is 1. The van der Waals surface area contributed by atoms with Crippen molar-refractivity contribution >= 4 is 26.8 Å². The summed E-state index contributed by atoms with van der Waals surface area (Å²) in [4.78, 5) is 13.4. The lowest BCUT2D eigenvalue weighted by Crippen LogP contribution is -2.03. The first-order valence-electron chi connectivity index (χ1n) is 7.04. The second-order valence-corrected chi connectivity index (χ2v) is 7.35. The van der Waals surface area contributed by atoms with Gasteiger partial charge in [0.2, 0.25) is 0 Å². The van der Waals surface area contributed by atoms with Crippen LogP contribution in [0.15, 0.2) is 35.5 Å². The molecule has 1 N–H and O–H groups in total. The lowest BCUT2D eigenvalue weighted by molar-refractivity contribution is 0.602. The van der Waals surface area contributed by atoms with Crippen molar-refractivity contribution in [3.8, 4) is 0 Å². The van der Waals surface area contributed by atoms with E-state index in [1.807, 2.05) is 11.5 Å². The van der Waals surface area contributed by atoms with Gasteiger partial charge in [-0.05, 0) is 24.6 Å². The molecule has 120 valence electrons. The first kappa shape index (κ1) is 15.4. The van der Waals surface area contributed by atoms with Crippen LogP contribution in [0.4, 0.5) is 5.82 Å². The van der Waals surface area contributed by atoms with Crippen LogP contribution in [0, 0.1) is 6.92 Å². The largest absolute Gasteiger partial charge is 0.371 e. The zero-order valence-electron chi connectivity index (χ0n) is 13.1. The van der Waals surface area contributed by atoms with E-state index in [4.69, 9.17) is 0 Å². The van der Waals surface area contributed by atoms with Crippen molar-refractivity contribution in [2.24, 2.45) is 0 Å². The second-order valence-electron chi connectivity index (χ2n) is 5.33. The minimum Gasteiger partial charge on any atom is -0.371 e. The van der Waals surface area contributed by atoms with E-state index >= 15 is 0 Å². The van der Waals surface area contributed by atoms with Crippen LogP contribution in [0.1, 0.15) is 11.4 Å². The highest BCUT2D eigenvalue weighted by Crippen LogP contribution is 2.19. The molecule has 3 rings (SSSR count). The highest BCUT2D eigenvalue weighted by molar-refractivity contribution is 7.90. The molecule has 7 nitrogen and oxygen atoms in total. The number of rotatable bonds is 4. The van der Waals surface area contributed by atoms with Crippen LogP contribution in [-0.2, 0) is 16.4 Å². The average Bonchev–Trinajstić information content (AvgIpc) is 2.89. The lowest BCUT2D eigenvalue weighted by Gasteiger charge is -2.07. The SMILES string of the molecule is CNc1nc(C)nc2c1ncn2Cc1ccc(S(C)(=O)=O)cc1. The van der Waals surface area contributed by atoms with Gasteiger partial charge in [-0.2, -0.15) is 0 Å². The maximum atomic E-state index is 11.5. The third kappa shape index (κ3) is 3.02. The minimum atomic E-state index is -3.18. The van der Waals surface area contributed by atoms with Gasteiger partial charge in [-0.3, -0.25) is 0 Å². The number of benzene rings is 1. The molecule has 0 radical (unpaired) electrons. The number of imidazole rings is 1. The van der Waals surface area contributed by atoms with Crippen molar-refractivity contribution in [1.29, 1.82) is 0 Å². The Morgan fingerprint density at radius 3 is 2.48 bits per heavy atom. The molecule has 0 saturated heterocycles. The summed E-state index contributed by atoms with van der Waals surface area (Å²) in [6, 6.07) is 6.83. The first-order chi connectivity index (χ1) is 10.9. The Hall–Kier alpha value is -2.48. The Morgan fingerprint density at radius 2 is 1.87 bits per heavy atom. The number of nitrogens with zero attached hydrogens (tertiary/aromatic N) is 4. The Balaban J connectivity index is 1.97. The van der Waals surface area contributed by atoms with E-state index in [-0.39, 0.29) is 0 Å². The fraction of sp³-hybridized carbons (Fsp3) is 0.267. The Morgan fingerprint density at radius 1 is 1.17 bits per heavy atom. The van der Waals surface area contributed by atoms with Crippen LogP contribution in [-0.4, -0.2) is 41.2 Å². The van der Waals surface area contributed by atoms with Crippen molar-refractivity contribution in [1.82, 2.24) is 19.5 Å². The number of sulfone groups is 1. The third-order valence-electron chi connectivity index (χ3n) is 3.52. The van der Waals surface area contributed by atoms with Gasteiger partial charge in [0, 0.05) is 13.3 Å². The zero-order valence-corrected chi connectivity index (χ0v) is 13.9. The molecule has 0 fully saturated rings. The van der Waals surface area contributed by atoms with Crippen LogP contribution in [0.25, 0.3) is 11.2 Å². The molecule has 0 aliphatic heterocycles. The molecule has 2 aromatic heterocycles. The quantitative estimate of drug-likeness (QED) is 0.781. The summed E-state index contributed by atoms with van der Waals surface area (Å²) in [5.74, 6) is 1.36. The van der Waals surface area contributed by atoms with Crippen LogP contribution >= 0.6 is 0 Å². The smallest absolute Gasteiger partial charge is 0.175 e. The molecule has 2 heterocycles. The van der Waals surface area contributed by atoms with Crippen LogP contribution < -0.4 is 5.32 Å². The number of aryl methyl sites for hydroxylation is 1. The monoisotopic (exact) mass is 331 g/mol. The summed E-state index contributed by atoms with van der Waals surface area (Å²) in [7, 11) is -1.38. The van der Waals surface area contributed by atoms with E-state index in [2.05, 4.69) is 20.3 Å². The molecule has 8 heteroatoms. The molecule has 1 aromatic carbocycles. The van der Waals surface area contributed by atoms with Gasteiger partial charge in [-0.25, -0.2) is 23.4 Å². The molecule has 0 atom stereocenters. The predicted molar refractivity (Wildman–Crippen MR) is 88.3 cm³/mol.